The molecule has 0 spiro atoms. The third kappa shape index (κ3) is 2.97. The van der Waals surface area contributed by atoms with E-state index in [0.29, 0.717) is 27.7 Å². The Bertz CT molecular complexity index is 637. The molecule has 0 saturated heterocycles. The summed E-state index contributed by atoms with van der Waals surface area (Å²) < 4.78 is 10.5. The average molecular weight is 314 g/mol. The molecule has 0 saturated carbocycles. The van der Waals surface area contributed by atoms with Gasteiger partial charge in [0.05, 0.1) is 22.9 Å². The molecule has 1 heterocycles. The minimum Gasteiger partial charge on any atom is -0.460 e. The van der Waals surface area contributed by atoms with E-state index in [2.05, 4.69) is 4.98 Å². The van der Waals surface area contributed by atoms with Gasteiger partial charge in [-0.15, -0.1) is 0 Å². The number of carbonyl (C=O) groups excluding carboxylic acids is 1. The molecule has 6 heteroatoms. The van der Waals surface area contributed by atoms with Crippen molar-refractivity contribution in [3.05, 3.63) is 39.7 Å². The second kappa shape index (κ2) is 6.29. The lowest BCUT2D eigenvalue weighted by Gasteiger charge is -2.00. The van der Waals surface area contributed by atoms with E-state index in [9.17, 15) is 4.79 Å². The van der Waals surface area contributed by atoms with Crippen LogP contribution in [0.1, 0.15) is 30.1 Å². The third-order valence-electron chi connectivity index (χ3n) is 2.65. The van der Waals surface area contributed by atoms with Gasteiger partial charge in [-0.1, -0.05) is 30.1 Å². The molecular weight excluding hydrogens is 301 g/mol. The predicted octanol–water partition coefficient (Wildman–Crippen LogP) is 4.39. The van der Waals surface area contributed by atoms with Gasteiger partial charge in [0, 0.05) is 5.02 Å². The van der Waals surface area contributed by atoms with Crippen LogP contribution >= 0.6 is 23.2 Å². The Morgan fingerprint density at radius 2 is 2.10 bits per heavy atom. The number of esters is 1. The number of hydrogen-bond donors (Lipinski definition) is 0. The number of ether oxygens (including phenoxy) is 1. The molecule has 1 aromatic heterocycles. The highest BCUT2D eigenvalue weighted by Crippen LogP contribution is 2.31. The number of oxazole rings is 1. The number of aryl methyl sites for hydroxylation is 1. The smallest absolute Gasteiger partial charge is 0.376 e. The van der Waals surface area contributed by atoms with E-state index in [-0.39, 0.29) is 18.3 Å². The summed E-state index contributed by atoms with van der Waals surface area (Å²) in [4.78, 5) is 16.1. The number of hydrogen-bond acceptors (Lipinski definition) is 4. The fourth-order valence-corrected chi connectivity index (χ4v) is 2.21. The van der Waals surface area contributed by atoms with Crippen LogP contribution in [0.5, 0.6) is 0 Å². The van der Waals surface area contributed by atoms with Crippen molar-refractivity contribution in [1.82, 2.24) is 4.98 Å². The number of nitrogens with zero attached hydrogens (tertiary/aromatic N) is 1. The Labute approximate surface area is 126 Å². The molecule has 0 aliphatic heterocycles. The Morgan fingerprint density at radius 3 is 2.70 bits per heavy atom. The summed E-state index contributed by atoms with van der Waals surface area (Å²) in [6.45, 7) is 3.89. The lowest BCUT2D eigenvalue weighted by molar-refractivity contribution is 0.0489. The first-order valence-electron chi connectivity index (χ1n) is 6.19. The number of rotatable bonds is 4. The quantitative estimate of drug-likeness (QED) is 0.786. The number of halogens is 2. The van der Waals surface area contributed by atoms with E-state index in [4.69, 9.17) is 32.4 Å². The molecule has 4 nitrogen and oxygen atoms in total. The van der Waals surface area contributed by atoms with Crippen LogP contribution in [0.4, 0.5) is 0 Å². The SMILES string of the molecule is CCOC(=O)c1oc(-c2ccc(Cl)cc2Cl)nc1CC. The van der Waals surface area contributed by atoms with E-state index < -0.39 is 5.97 Å². The zero-order valence-corrected chi connectivity index (χ0v) is 12.6. The zero-order valence-electron chi connectivity index (χ0n) is 11.1. The summed E-state index contributed by atoms with van der Waals surface area (Å²) in [5.74, 6) is -0.116. The van der Waals surface area contributed by atoms with Gasteiger partial charge in [-0.3, -0.25) is 0 Å². The topological polar surface area (TPSA) is 52.3 Å². The largest absolute Gasteiger partial charge is 0.460 e. The van der Waals surface area contributed by atoms with Crippen molar-refractivity contribution in [2.75, 3.05) is 6.61 Å². The van der Waals surface area contributed by atoms with Gasteiger partial charge < -0.3 is 9.15 Å². The van der Waals surface area contributed by atoms with Crippen LogP contribution in [0.25, 0.3) is 11.5 Å². The summed E-state index contributed by atoms with van der Waals surface area (Å²) in [6.07, 6.45) is 0.558. The van der Waals surface area contributed by atoms with E-state index in [1.165, 1.54) is 0 Å². The minimum atomic E-state index is -0.520. The van der Waals surface area contributed by atoms with Crippen LogP contribution < -0.4 is 0 Å². The highest BCUT2D eigenvalue weighted by atomic mass is 35.5. The van der Waals surface area contributed by atoms with Crippen LogP contribution in [-0.4, -0.2) is 17.6 Å². The van der Waals surface area contributed by atoms with E-state index in [1.807, 2.05) is 6.92 Å². The summed E-state index contributed by atoms with van der Waals surface area (Å²) in [5, 5.41) is 0.934. The second-order valence-corrected chi connectivity index (χ2v) is 4.84. The van der Waals surface area contributed by atoms with Crippen LogP contribution in [0.3, 0.4) is 0 Å². The molecular formula is C14H13Cl2NO3. The van der Waals surface area contributed by atoms with E-state index in [0.717, 1.165) is 0 Å². The molecule has 0 atom stereocenters. The van der Waals surface area contributed by atoms with E-state index >= 15 is 0 Å². The van der Waals surface area contributed by atoms with Crippen LogP contribution in [0.2, 0.25) is 10.0 Å². The summed E-state index contributed by atoms with van der Waals surface area (Å²) in [7, 11) is 0. The molecule has 106 valence electrons. The van der Waals surface area contributed by atoms with Crippen LogP contribution in [-0.2, 0) is 11.2 Å². The van der Waals surface area contributed by atoms with Crippen molar-refractivity contribution < 1.29 is 13.9 Å². The molecule has 0 bridgehead atoms. The van der Waals surface area contributed by atoms with E-state index in [1.54, 1.807) is 25.1 Å². The van der Waals surface area contributed by atoms with Gasteiger partial charge in [-0.05, 0) is 31.5 Å². The molecule has 2 aromatic rings. The Morgan fingerprint density at radius 1 is 1.35 bits per heavy atom. The van der Waals surface area contributed by atoms with Crippen molar-refractivity contribution in [2.24, 2.45) is 0 Å². The molecule has 0 unspecified atom stereocenters. The fraction of sp³-hybridized carbons (Fsp3) is 0.286. The lowest BCUT2D eigenvalue weighted by atomic mass is 10.2. The zero-order chi connectivity index (χ0) is 14.7. The Balaban J connectivity index is 2.45. The third-order valence-corrected chi connectivity index (χ3v) is 3.20. The number of aromatic nitrogens is 1. The maximum atomic E-state index is 11.8. The van der Waals surface area contributed by atoms with Gasteiger partial charge in [-0.25, -0.2) is 9.78 Å². The first kappa shape index (κ1) is 14.9. The number of carbonyl (C=O) groups is 1. The maximum absolute atomic E-state index is 11.8. The lowest BCUT2D eigenvalue weighted by Crippen LogP contribution is -2.05. The van der Waals surface area contributed by atoms with Crippen molar-refractivity contribution in [2.45, 2.75) is 20.3 Å². The monoisotopic (exact) mass is 313 g/mol. The van der Waals surface area contributed by atoms with Crippen molar-refractivity contribution >= 4 is 29.2 Å². The van der Waals surface area contributed by atoms with Gasteiger partial charge >= 0.3 is 5.97 Å². The van der Waals surface area contributed by atoms with Crippen LogP contribution in [0, 0.1) is 0 Å². The highest BCUT2D eigenvalue weighted by Gasteiger charge is 2.22. The normalized spacial score (nSPS) is 10.6. The van der Waals surface area contributed by atoms with Crippen molar-refractivity contribution in [3.8, 4) is 11.5 Å². The minimum absolute atomic E-state index is 0.121. The second-order valence-electron chi connectivity index (χ2n) is 3.99. The predicted molar refractivity (Wildman–Crippen MR) is 77.3 cm³/mol. The molecule has 1 aromatic carbocycles. The standard InChI is InChI=1S/C14H13Cl2NO3/c1-3-11-12(14(18)19-4-2)20-13(17-11)9-6-5-8(15)7-10(9)16/h5-7H,3-4H2,1-2H3. The molecule has 2 rings (SSSR count). The first-order chi connectivity index (χ1) is 9.56. The first-order valence-corrected chi connectivity index (χ1v) is 6.94. The maximum Gasteiger partial charge on any atom is 0.376 e. The number of benzene rings is 1. The highest BCUT2D eigenvalue weighted by molar-refractivity contribution is 6.36. The molecule has 0 radical (unpaired) electrons. The Kier molecular flexibility index (Phi) is 4.68. The van der Waals surface area contributed by atoms with Gasteiger partial charge in [0.15, 0.2) is 0 Å². The van der Waals surface area contributed by atoms with Crippen LogP contribution in [0.15, 0.2) is 22.6 Å². The fourth-order valence-electron chi connectivity index (χ4n) is 1.73. The molecule has 0 fully saturated rings. The molecule has 0 N–H and O–H groups in total. The molecule has 0 aliphatic carbocycles. The van der Waals surface area contributed by atoms with Gasteiger partial charge in [-0.2, -0.15) is 0 Å². The van der Waals surface area contributed by atoms with Gasteiger partial charge in [0.2, 0.25) is 11.7 Å². The Hall–Kier alpha value is -1.52. The summed E-state index contributed by atoms with van der Waals surface area (Å²) >= 11 is 12.0. The summed E-state index contributed by atoms with van der Waals surface area (Å²) in [6, 6.07) is 4.98. The molecule has 0 amide bonds. The average Bonchev–Trinajstić information content (AvgIpc) is 2.83. The molecule has 0 aliphatic rings. The molecule has 20 heavy (non-hydrogen) atoms. The summed E-state index contributed by atoms with van der Waals surface area (Å²) in [5.41, 5.74) is 1.13. The van der Waals surface area contributed by atoms with Gasteiger partial charge in [0.1, 0.15) is 0 Å². The van der Waals surface area contributed by atoms with Crippen molar-refractivity contribution in [1.29, 1.82) is 0 Å². The van der Waals surface area contributed by atoms with Gasteiger partial charge in [0.25, 0.3) is 0 Å². The van der Waals surface area contributed by atoms with Crippen molar-refractivity contribution in [3.63, 3.8) is 0 Å².